The number of piperidine rings is 3. The van der Waals surface area contributed by atoms with Crippen LogP contribution in [0, 0.1) is 5.82 Å². The lowest BCUT2D eigenvalue weighted by Gasteiger charge is -2.42. The fourth-order valence-corrected chi connectivity index (χ4v) is 10.4. The summed E-state index contributed by atoms with van der Waals surface area (Å²) >= 11 is 0. The Bertz CT molecular complexity index is 2450. The SMILES string of the molecule is CN(C(=O)N1CCC(Oc2cccc(N3CC4CN(c5cc(-c6cccc(F)c6O)nnc5N)C[C@H]3CO4)c2)CC1)C1CCN(c2cccc3c2OCCN3[C@H]2CCC(=O)NC2=O)CC1. The van der Waals surface area contributed by atoms with E-state index in [1.165, 1.54) is 12.1 Å². The Morgan fingerprint density at radius 3 is 2.48 bits per heavy atom. The summed E-state index contributed by atoms with van der Waals surface area (Å²) in [4.78, 5) is 51.1. The topological polar surface area (TPSA) is 182 Å². The van der Waals surface area contributed by atoms with E-state index in [-0.39, 0.29) is 53.5 Å². The number of aromatic nitrogens is 2. The standard InChI is InChI=1S/C47H55FN10O7/c1-53(29-13-17-54(18-14-29)38-9-4-10-39-44(38)63-22-21-57(39)40-11-12-42(59)50-46(40)61)47(62)55-19-15-32(16-20-55)65-33-6-2-5-30(23-33)58-27-34-26-56(25-31(58)28-64-34)41-24-37(51-52-45(41)49)35-7-3-8-36(48)43(35)60/h2-10,23-24,29,31-32,34,40,60H,11-22,25-28H2,1H3,(H2,49,52)(H,50,59,61)/t31-,34?,40-/m0/s1. The van der Waals surface area contributed by atoms with Crippen molar-refractivity contribution in [2.45, 2.75) is 68.9 Å². The molecule has 7 aliphatic heterocycles. The van der Waals surface area contributed by atoms with E-state index in [1.807, 2.05) is 41.1 Å². The van der Waals surface area contributed by atoms with Crippen molar-refractivity contribution in [3.8, 4) is 28.5 Å². The molecule has 4 aromatic rings. The minimum atomic E-state index is -0.734. The molecule has 17 nitrogen and oxygen atoms in total. The van der Waals surface area contributed by atoms with Crippen molar-refractivity contribution in [1.82, 2.24) is 25.3 Å². The van der Waals surface area contributed by atoms with Gasteiger partial charge in [0, 0.05) is 95.5 Å². The second-order valence-electron chi connectivity index (χ2n) is 17.9. The number of benzene rings is 3. The molecule has 0 saturated carbocycles. The number of ether oxygens (including phenoxy) is 3. The summed E-state index contributed by atoms with van der Waals surface area (Å²) in [5.41, 5.74) is 10.5. The quantitative estimate of drug-likeness (QED) is 0.214. The lowest BCUT2D eigenvalue weighted by atomic mass is 10.0. The maximum atomic E-state index is 14.2. The first-order valence-corrected chi connectivity index (χ1v) is 22.7. The van der Waals surface area contributed by atoms with Gasteiger partial charge >= 0.3 is 6.03 Å². The predicted molar refractivity (Wildman–Crippen MR) is 242 cm³/mol. The molecule has 18 heteroatoms. The molecule has 6 fully saturated rings. The number of morpholine rings is 1. The highest BCUT2D eigenvalue weighted by Crippen LogP contribution is 2.43. The number of carbonyl (C=O) groups excluding carboxylic acids is 3. The maximum Gasteiger partial charge on any atom is 0.319 e. The second-order valence-corrected chi connectivity index (χ2v) is 17.9. The van der Waals surface area contributed by atoms with Crippen LogP contribution in [-0.2, 0) is 14.3 Å². The molecule has 65 heavy (non-hydrogen) atoms. The first kappa shape index (κ1) is 42.4. The molecule has 3 atom stereocenters. The highest BCUT2D eigenvalue weighted by Gasteiger charge is 2.39. The van der Waals surface area contributed by atoms with E-state index in [4.69, 9.17) is 19.9 Å². The van der Waals surface area contributed by atoms with Gasteiger partial charge in [0.2, 0.25) is 11.8 Å². The number of phenols is 1. The van der Waals surface area contributed by atoms with E-state index >= 15 is 0 Å². The third-order valence-corrected chi connectivity index (χ3v) is 13.9. The monoisotopic (exact) mass is 890 g/mol. The lowest BCUT2D eigenvalue weighted by molar-refractivity contribution is -0.134. The average molecular weight is 891 g/mol. The van der Waals surface area contributed by atoms with Gasteiger partial charge in [-0.05, 0) is 61.7 Å². The number of rotatable bonds is 8. The Morgan fingerprint density at radius 2 is 1.66 bits per heavy atom. The zero-order valence-electron chi connectivity index (χ0n) is 36.5. The highest BCUT2D eigenvalue weighted by atomic mass is 19.1. The van der Waals surface area contributed by atoms with Gasteiger partial charge in [-0.3, -0.25) is 14.9 Å². The van der Waals surface area contributed by atoms with E-state index in [9.17, 15) is 23.9 Å². The zero-order chi connectivity index (χ0) is 44.8. The minimum absolute atomic E-state index is 0.00320. The van der Waals surface area contributed by atoms with Crippen LogP contribution >= 0.6 is 0 Å². The number of anilines is 5. The smallest absolute Gasteiger partial charge is 0.319 e. The van der Waals surface area contributed by atoms with Crippen molar-refractivity contribution in [1.29, 1.82) is 0 Å². The minimum Gasteiger partial charge on any atom is -0.504 e. The Kier molecular flexibility index (Phi) is 11.6. The number of likely N-dealkylation sites (tertiary alicyclic amines) is 1. The normalized spacial score (nSPS) is 22.9. The van der Waals surface area contributed by atoms with Gasteiger partial charge in [-0.2, -0.15) is 0 Å². The molecule has 342 valence electrons. The number of halogens is 1. The summed E-state index contributed by atoms with van der Waals surface area (Å²) in [6, 6.07) is 20.0. The Hall–Kier alpha value is -6.56. The van der Waals surface area contributed by atoms with Gasteiger partial charge in [0.05, 0.1) is 48.1 Å². The first-order valence-electron chi connectivity index (χ1n) is 22.7. The molecular weight excluding hydrogens is 836 g/mol. The molecule has 6 saturated heterocycles. The lowest BCUT2D eigenvalue weighted by Crippen LogP contribution is -2.54. The van der Waals surface area contributed by atoms with Gasteiger partial charge in [0.15, 0.2) is 23.1 Å². The average Bonchev–Trinajstić information content (AvgIpc) is 3.65. The summed E-state index contributed by atoms with van der Waals surface area (Å²) < 4.78 is 33.2. The zero-order valence-corrected chi connectivity index (χ0v) is 36.5. The van der Waals surface area contributed by atoms with E-state index in [0.717, 1.165) is 67.3 Å². The summed E-state index contributed by atoms with van der Waals surface area (Å²) in [7, 11) is 1.92. The molecule has 0 spiro atoms. The van der Waals surface area contributed by atoms with Crippen LogP contribution in [0.25, 0.3) is 11.3 Å². The van der Waals surface area contributed by atoms with Crippen molar-refractivity contribution >= 4 is 46.4 Å². The third-order valence-electron chi connectivity index (χ3n) is 13.9. The molecule has 7 aliphatic rings. The Balaban J connectivity index is 0.722. The second kappa shape index (κ2) is 17.8. The number of fused-ring (bicyclic) bond motifs is 5. The number of phenolic OH excluding ortho intramolecular Hbond substituents is 1. The summed E-state index contributed by atoms with van der Waals surface area (Å²) in [6.45, 7) is 6.15. The number of para-hydroxylation sites is 2. The van der Waals surface area contributed by atoms with Crippen molar-refractivity contribution < 1.29 is 38.1 Å². The first-order chi connectivity index (χ1) is 31.6. The van der Waals surface area contributed by atoms with Crippen LogP contribution in [0.1, 0.15) is 38.5 Å². The van der Waals surface area contributed by atoms with Crippen LogP contribution in [-0.4, -0.2) is 146 Å². The van der Waals surface area contributed by atoms with Gasteiger partial charge in [0.25, 0.3) is 0 Å². The number of carbonyl (C=O) groups is 3. The Labute approximate surface area is 376 Å². The summed E-state index contributed by atoms with van der Waals surface area (Å²) in [5, 5.41) is 21.2. The van der Waals surface area contributed by atoms with E-state index in [2.05, 4.69) is 53.3 Å². The maximum absolute atomic E-state index is 14.2. The van der Waals surface area contributed by atoms with Crippen LogP contribution in [0.15, 0.2) is 66.7 Å². The molecular formula is C47H55FN10O7. The van der Waals surface area contributed by atoms with Gasteiger partial charge < -0.3 is 54.5 Å². The van der Waals surface area contributed by atoms with Crippen LogP contribution in [0.5, 0.6) is 17.2 Å². The van der Waals surface area contributed by atoms with E-state index in [1.54, 1.807) is 12.1 Å². The summed E-state index contributed by atoms with van der Waals surface area (Å²) in [6.07, 6.45) is 3.76. The summed E-state index contributed by atoms with van der Waals surface area (Å²) in [5.74, 6) is 0.0991. The van der Waals surface area contributed by atoms with Crippen molar-refractivity contribution in [3.63, 3.8) is 0 Å². The highest BCUT2D eigenvalue weighted by molar-refractivity contribution is 6.02. The molecule has 4 N–H and O–H groups in total. The fourth-order valence-electron chi connectivity index (χ4n) is 10.4. The molecule has 3 aromatic carbocycles. The number of imide groups is 1. The van der Waals surface area contributed by atoms with Crippen molar-refractivity contribution in [2.24, 2.45) is 0 Å². The van der Waals surface area contributed by atoms with E-state index < -0.39 is 17.6 Å². The number of nitrogens with two attached hydrogens (primary N) is 1. The van der Waals surface area contributed by atoms with E-state index in [0.29, 0.717) is 76.7 Å². The van der Waals surface area contributed by atoms with Gasteiger partial charge in [-0.25, -0.2) is 9.18 Å². The van der Waals surface area contributed by atoms with Crippen molar-refractivity contribution in [3.05, 3.63) is 72.5 Å². The number of amides is 4. The fraction of sp³-hybridized carbons (Fsp3) is 0.468. The molecule has 8 heterocycles. The van der Waals surface area contributed by atoms with Crippen molar-refractivity contribution in [2.75, 3.05) is 98.0 Å². The van der Waals surface area contributed by atoms with Crippen LogP contribution in [0.2, 0.25) is 0 Å². The molecule has 0 radical (unpaired) electrons. The number of hydrogen-bond acceptors (Lipinski definition) is 14. The van der Waals surface area contributed by atoms with Crippen LogP contribution < -0.4 is 40.1 Å². The largest absolute Gasteiger partial charge is 0.504 e. The number of urea groups is 1. The predicted octanol–water partition coefficient (Wildman–Crippen LogP) is 4.23. The number of nitrogen functional groups attached to an aromatic ring is 1. The number of hydrogen-bond donors (Lipinski definition) is 3. The third kappa shape index (κ3) is 8.46. The van der Waals surface area contributed by atoms with Gasteiger partial charge in [0.1, 0.15) is 24.5 Å². The number of aromatic hydroxyl groups is 1. The molecule has 2 bridgehead atoms. The van der Waals surface area contributed by atoms with Gasteiger partial charge in [-0.1, -0.05) is 18.2 Å². The molecule has 1 unspecified atom stereocenters. The molecule has 1 aromatic heterocycles. The Morgan fingerprint density at radius 1 is 0.877 bits per heavy atom. The molecule has 0 aliphatic carbocycles. The molecule has 4 amide bonds. The van der Waals surface area contributed by atoms with Crippen LogP contribution in [0.4, 0.5) is 37.8 Å². The number of nitrogens with one attached hydrogen (secondary N) is 1. The van der Waals surface area contributed by atoms with Crippen LogP contribution in [0.3, 0.4) is 0 Å². The molecule has 11 rings (SSSR count). The number of nitrogens with zero attached hydrogens (tertiary/aromatic N) is 8. The van der Waals surface area contributed by atoms with Gasteiger partial charge in [-0.15, -0.1) is 10.2 Å².